The Labute approximate surface area is 88.4 Å². The van der Waals surface area contributed by atoms with Crippen molar-refractivity contribution in [2.45, 2.75) is 0 Å². The van der Waals surface area contributed by atoms with Gasteiger partial charge in [-0.05, 0) is 24.3 Å². The van der Waals surface area contributed by atoms with Gasteiger partial charge < -0.3 is 5.09 Å². The minimum Gasteiger partial charge on any atom is -0.336 e. The number of halogens is 1. The van der Waals surface area contributed by atoms with Crippen LogP contribution in [-0.4, -0.2) is 12.3 Å². The van der Waals surface area contributed by atoms with E-state index in [0.29, 0.717) is 17.3 Å². The fraction of sp³-hybridized carbons (Fsp3) is 0.200. The van der Waals surface area contributed by atoms with Gasteiger partial charge in [-0.3, -0.25) is 4.57 Å². The highest BCUT2D eigenvalue weighted by Crippen LogP contribution is 2.48. The fourth-order valence-corrected chi connectivity index (χ4v) is 3.47. The van der Waals surface area contributed by atoms with Crippen LogP contribution in [0.25, 0.3) is 0 Å². The third-order valence-electron chi connectivity index (χ3n) is 2.14. The van der Waals surface area contributed by atoms with Crippen LogP contribution in [0.1, 0.15) is 0 Å². The van der Waals surface area contributed by atoms with E-state index in [1.54, 1.807) is 12.1 Å². The Morgan fingerprint density at radius 1 is 1.14 bits per heavy atom. The molecule has 0 saturated heterocycles. The van der Waals surface area contributed by atoms with E-state index in [1.807, 2.05) is 24.3 Å². The number of rotatable bonds is 2. The molecule has 74 valence electrons. The lowest BCUT2D eigenvalue weighted by Gasteiger charge is -2.14. The highest BCUT2D eigenvalue weighted by molar-refractivity contribution is 7.66. The second-order valence-corrected chi connectivity index (χ2v) is 6.51. The molecule has 0 radical (unpaired) electrons. The quantitative estimate of drug-likeness (QED) is 0.618. The summed E-state index contributed by atoms with van der Waals surface area (Å²) in [5.41, 5.74) is 0.876. The molecular formula is C10H11ClNOP. The molecule has 1 aromatic carbocycles. The summed E-state index contributed by atoms with van der Waals surface area (Å²) in [6, 6.07) is 7.28. The maximum Gasteiger partial charge on any atom is 0.177 e. The molecule has 0 bridgehead atoms. The van der Waals surface area contributed by atoms with E-state index in [9.17, 15) is 4.57 Å². The van der Waals surface area contributed by atoms with E-state index in [-0.39, 0.29) is 0 Å². The summed E-state index contributed by atoms with van der Waals surface area (Å²) in [4.78, 5) is 0. The molecule has 4 heteroatoms. The zero-order valence-corrected chi connectivity index (χ0v) is 9.26. The summed E-state index contributed by atoms with van der Waals surface area (Å²) in [6.45, 7) is 0. The Kier molecular flexibility index (Phi) is 2.66. The van der Waals surface area contributed by atoms with Gasteiger partial charge in [-0.1, -0.05) is 23.8 Å². The van der Waals surface area contributed by atoms with Crippen molar-refractivity contribution in [2.24, 2.45) is 0 Å². The summed E-state index contributed by atoms with van der Waals surface area (Å²) in [7, 11) is -2.21. The molecule has 0 aliphatic carbocycles. The van der Waals surface area contributed by atoms with Crippen molar-refractivity contribution in [3.63, 3.8) is 0 Å². The van der Waals surface area contributed by atoms with Crippen molar-refractivity contribution in [2.75, 3.05) is 17.4 Å². The number of allylic oxidation sites excluding steroid dienone is 2. The molecule has 1 aliphatic heterocycles. The van der Waals surface area contributed by atoms with Crippen LogP contribution in [0.3, 0.4) is 0 Å². The zero-order valence-electron chi connectivity index (χ0n) is 7.61. The monoisotopic (exact) mass is 227 g/mol. The van der Waals surface area contributed by atoms with Gasteiger partial charge in [-0.25, -0.2) is 0 Å². The lowest BCUT2D eigenvalue weighted by molar-refractivity contribution is 0.583. The maximum absolute atomic E-state index is 12.1. The Morgan fingerprint density at radius 2 is 1.71 bits per heavy atom. The number of benzene rings is 1. The van der Waals surface area contributed by atoms with E-state index in [0.717, 1.165) is 5.69 Å². The van der Waals surface area contributed by atoms with E-state index in [1.165, 1.54) is 0 Å². The van der Waals surface area contributed by atoms with E-state index in [4.69, 9.17) is 11.6 Å². The SMILES string of the molecule is O=P1(Nc2ccc(Cl)cc2)CC=CC1. The molecular weight excluding hydrogens is 217 g/mol. The molecule has 0 saturated carbocycles. The van der Waals surface area contributed by atoms with Crippen LogP contribution in [-0.2, 0) is 4.57 Å². The van der Waals surface area contributed by atoms with Gasteiger partial charge in [0.05, 0.1) is 0 Å². The molecule has 0 spiro atoms. The minimum absolute atomic E-state index is 0.648. The average Bonchev–Trinajstić information content (AvgIpc) is 2.57. The molecule has 0 fully saturated rings. The maximum atomic E-state index is 12.1. The van der Waals surface area contributed by atoms with E-state index < -0.39 is 7.29 Å². The first-order valence-corrected chi connectivity index (χ1v) is 6.90. The first kappa shape index (κ1) is 9.82. The van der Waals surface area contributed by atoms with Gasteiger partial charge in [0.25, 0.3) is 0 Å². The Bertz CT molecular complexity index is 387. The van der Waals surface area contributed by atoms with E-state index in [2.05, 4.69) is 5.09 Å². The number of nitrogens with one attached hydrogen (secondary N) is 1. The average molecular weight is 228 g/mol. The summed E-state index contributed by atoms with van der Waals surface area (Å²) >= 11 is 5.75. The summed E-state index contributed by atoms with van der Waals surface area (Å²) in [5, 5.41) is 3.77. The third kappa shape index (κ3) is 2.20. The Hall–Kier alpha value is -0.720. The Balaban J connectivity index is 2.11. The highest BCUT2D eigenvalue weighted by Gasteiger charge is 2.22. The van der Waals surface area contributed by atoms with Crippen molar-refractivity contribution >= 4 is 24.6 Å². The molecule has 1 aliphatic rings. The van der Waals surface area contributed by atoms with E-state index >= 15 is 0 Å². The molecule has 0 unspecified atom stereocenters. The second kappa shape index (κ2) is 3.80. The summed E-state index contributed by atoms with van der Waals surface area (Å²) in [6.07, 6.45) is 5.22. The number of hydrogen-bond donors (Lipinski definition) is 1. The van der Waals surface area contributed by atoms with Crippen LogP contribution in [0, 0.1) is 0 Å². The van der Waals surface area contributed by atoms with Crippen molar-refractivity contribution < 1.29 is 4.57 Å². The van der Waals surface area contributed by atoms with Gasteiger partial charge in [0.15, 0.2) is 7.29 Å². The topological polar surface area (TPSA) is 29.1 Å². The number of anilines is 1. The van der Waals surface area contributed by atoms with Gasteiger partial charge in [0.1, 0.15) is 0 Å². The van der Waals surface area contributed by atoms with Crippen molar-refractivity contribution in [3.05, 3.63) is 41.4 Å². The highest BCUT2D eigenvalue weighted by atomic mass is 35.5. The molecule has 0 atom stereocenters. The molecule has 0 aromatic heterocycles. The van der Waals surface area contributed by atoms with Crippen molar-refractivity contribution in [1.29, 1.82) is 0 Å². The van der Waals surface area contributed by atoms with Gasteiger partial charge >= 0.3 is 0 Å². The van der Waals surface area contributed by atoms with Gasteiger partial charge in [-0.15, -0.1) is 0 Å². The molecule has 0 amide bonds. The van der Waals surface area contributed by atoms with Crippen molar-refractivity contribution in [3.8, 4) is 0 Å². The van der Waals surface area contributed by atoms with Crippen LogP contribution >= 0.6 is 18.9 Å². The third-order valence-corrected chi connectivity index (χ3v) is 4.66. The van der Waals surface area contributed by atoms with Crippen LogP contribution in [0.15, 0.2) is 36.4 Å². The van der Waals surface area contributed by atoms with Crippen LogP contribution in [0.4, 0.5) is 5.69 Å². The first-order chi connectivity index (χ1) is 6.68. The number of hydrogen-bond acceptors (Lipinski definition) is 1. The zero-order chi connectivity index (χ0) is 10.0. The van der Waals surface area contributed by atoms with Gasteiger partial charge in [0, 0.05) is 23.0 Å². The normalized spacial score (nSPS) is 18.4. The lowest BCUT2D eigenvalue weighted by Crippen LogP contribution is -1.98. The molecule has 2 nitrogen and oxygen atoms in total. The minimum atomic E-state index is -2.21. The van der Waals surface area contributed by atoms with Crippen LogP contribution in [0.5, 0.6) is 0 Å². The van der Waals surface area contributed by atoms with Gasteiger partial charge in [-0.2, -0.15) is 0 Å². The predicted molar refractivity (Wildman–Crippen MR) is 61.6 cm³/mol. The smallest absolute Gasteiger partial charge is 0.177 e. The van der Waals surface area contributed by atoms with Crippen LogP contribution in [0.2, 0.25) is 5.02 Å². The fourth-order valence-electron chi connectivity index (χ4n) is 1.42. The first-order valence-electron chi connectivity index (χ1n) is 4.45. The lowest BCUT2D eigenvalue weighted by atomic mass is 10.3. The standard InChI is InChI=1S/C10H11ClNOP/c11-9-3-5-10(6-4-9)12-14(13)7-1-2-8-14/h1-6H,7-8H2,(H,12,13). The molecule has 14 heavy (non-hydrogen) atoms. The molecule has 1 aromatic rings. The van der Waals surface area contributed by atoms with Crippen molar-refractivity contribution in [1.82, 2.24) is 0 Å². The molecule has 1 N–H and O–H groups in total. The summed E-state index contributed by atoms with van der Waals surface area (Å²) < 4.78 is 12.1. The summed E-state index contributed by atoms with van der Waals surface area (Å²) in [5.74, 6) is 0. The molecule has 2 rings (SSSR count). The second-order valence-electron chi connectivity index (χ2n) is 3.34. The van der Waals surface area contributed by atoms with Gasteiger partial charge in [0.2, 0.25) is 0 Å². The predicted octanol–water partition coefficient (Wildman–Crippen LogP) is 3.60. The van der Waals surface area contributed by atoms with Crippen LogP contribution < -0.4 is 5.09 Å². The Morgan fingerprint density at radius 3 is 2.29 bits per heavy atom. The molecule has 1 heterocycles. The largest absolute Gasteiger partial charge is 0.336 e.